The van der Waals surface area contributed by atoms with Gasteiger partial charge in [0.15, 0.2) is 0 Å². The predicted octanol–water partition coefficient (Wildman–Crippen LogP) is 6.21. The van der Waals surface area contributed by atoms with E-state index < -0.39 is 18.1 Å². The SMILES string of the molecule is O=C(OCc1cc(Br)cc2c1O[C@@H](c1ccccc1)OC2)c1c(F)cccc1Cl. The fraction of sp³-hybridized carbons (Fsp3) is 0.136. The molecule has 3 aromatic carbocycles. The molecule has 0 fully saturated rings. The van der Waals surface area contributed by atoms with Crippen LogP contribution in [0.3, 0.4) is 0 Å². The van der Waals surface area contributed by atoms with E-state index in [2.05, 4.69) is 15.9 Å². The molecule has 1 heterocycles. The van der Waals surface area contributed by atoms with Crippen molar-refractivity contribution < 1.29 is 23.4 Å². The molecule has 0 radical (unpaired) electrons. The molecule has 0 amide bonds. The Kier molecular flexibility index (Phi) is 5.85. The summed E-state index contributed by atoms with van der Waals surface area (Å²) < 4.78 is 32.0. The summed E-state index contributed by atoms with van der Waals surface area (Å²) >= 11 is 9.39. The van der Waals surface area contributed by atoms with E-state index in [4.69, 9.17) is 25.8 Å². The van der Waals surface area contributed by atoms with Crippen LogP contribution in [0.5, 0.6) is 5.75 Å². The van der Waals surface area contributed by atoms with Gasteiger partial charge in [-0.1, -0.05) is 63.9 Å². The van der Waals surface area contributed by atoms with Crippen molar-refractivity contribution in [1.29, 1.82) is 0 Å². The van der Waals surface area contributed by atoms with E-state index >= 15 is 0 Å². The van der Waals surface area contributed by atoms with Gasteiger partial charge in [-0.25, -0.2) is 9.18 Å². The van der Waals surface area contributed by atoms with Crippen LogP contribution in [0.1, 0.15) is 33.3 Å². The lowest BCUT2D eigenvalue weighted by molar-refractivity contribution is -0.112. The van der Waals surface area contributed by atoms with E-state index in [1.807, 2.05) is 36.4 Å². The van der Waals surface area contributed by atoms with Gasteiger partial charge in [0.25, 0.3) is 0 Å². The van der Waals surface area contributed by atoms with Crippen LogP contribution in [0.2, 0.25) is 5.02 Å². The highest BCUT2D eigenvalue weighted by Gasteiger charge is 2.26. The second kappa shape index (κ2) is 8.53. The van der Waals surface area contributed by atoms with Crippen LogP contribution in [0, 0.1) is 5.82 Å². The molecule has 0 aliphatic carbocycles. The van der Waals surface area contributed by atoms with Gasteiger partial charge in [-0.3, -0.25) is 0 Å². The molecule has 7 heteroatoms. The maximum absolute atomic E-state index is 14.0. The zero-order chi connectivity index (χ0) is 20.4. The zero-order valence-corrected chi connectivity index (χ0v) is 17.4. The molecule has 0 saturated heterocycles. The number of carbonyl (C=O) groups excluding carboxylic acids is 1. The smallest absolute Gasteiger partial charge is 0.343 e. The van der Waals surface area contributed by atoms with Crippen molar-refractivity contribution >= 4 is 33.5 Å². The maximum Gasteiger partial charge on any atom is 0.343 e. The summed E-state index contributed by atoms with van der Waals surface area (Å²) in [4.78, 5) is 12.4. The van der Waals surface area contributed by atoms with Crippen LogP contribution < -0.4 is 4.74 Å². The molecule has 0 bridgehead atoms. The Hall–Kier alpha value is -2.41. The number of rotatable bonds is 4. The molecule has 0 saturated carbocycles. The highest BCUT2D eigenvalue weighted by molar-refractivity contribution is 9.10. The summed E-state index contributed by atoms with van der Waals surface area (Å²) in [5, 5.41) is 0.0000581. The van der Waals surface area contributed by atoms with Gasteiger partial charge < -0.3 is 14.2 Å². The van der Waals surface area contributed by atoms with Crippen molar-refractivity contribution in [2.24, 2.45) is 0 Å². The first-order chi connectivity index (χ1) is 14.0. The van der Waals surface area contributed by atoms with Crippen LogP contribution in [0.4, 0.5) is 4.39 Å². The Morgan fingerprint density at radius 1 is 1.17 bits per heavy atom. The lowest BCUT2D eigenvalue weighted by atomic mass is 10.1. The van der Waals surface area contributed by atoms with Gasteiger partial charge >= 0.3 is 5.97 Å². The summed E-state index contributed by atoms with van der Waals surface area (Å²) in [5.41, 5.74) is 2.05. The fourth-order valence-electron chi connectivity index (χ4n) is 3.07. The quantitative estimate of drug-likeness (QED) is 0.419. The van der Waals surface area contributed by atoms with Crippen LogP contribution >= 0.6 is 27.5 Å². The van der Waals surface area contributed by atoms with Crippen LogP contribution in [0.15, 0.2) is 65.1 Å². The molecule has 4 nitrogen and oxygen atoms in total. The van der Waals surface area contributed by atoms with Crippen LogP contribution in [-0.4, -0.2) is 5.97 Å². The van der Waals surface area contributed by atoms with Crippen LogP contribution in [0.25, 0.3) is 0 Å². The van der Waals surface area contributed by atoms with E-state index in [0.717, 1.165) is 21.7 Å². The second-order valence-corrected chi connectivity index (χ2v) is 7.72. The third-order valence-corrected chi connectivity index (χ3v) is 5.19. The molecule has 148 valence electrons. The minimum atomic E-state index is -0.839. The fourth-order valence-corrected chi connectivity index (χ4v) is 3.86. The average molecular weight is 478 g/mol. The third-order valence-electron chi connectivity index (χ3n) is 4.42. The van der Waals surface area contributed by atoms with E-state index in [9.17, 15) is 9.18 Å². The summed E-state index contributed by atoms with van der Waals surface area (Å²) in [6, 6.07) is 17.2. The lowest BCUT2D eigenvalue weighted by Crippen LogP contribution is -2.19. The number of carbonyl (C=O) groups is 1. The first-order valence-corrected chi connectivity index (χ1v) is 9.95. The molecular weight excluding hydrogens is 463 g/mol. The Labute approximate surface area is 180 Å². The van der Waals surface area contributed by atoms with Crippen molar-refractivity contribution in [1.82, 2.24) is 0 Å². The first kappa shape index (κ1) is 19.9. The highest BCUT2D eigenvalue weighted by Crippen LogP contribution is 2.38. The third kappa shape index (κ3) is 4.29. The van der Waals surface area contributed by atoms with E-state index in [0.29, 0.717) is 17.9 Å². The maximum atomic E-state index is 14.0. The molecule has 1 atom stereocenters. The largest absolute Gasteiger partial charge is 0.460 e. The summed E-state index contributed by atoms with van der Waals surface area (Å²) in [6.45, 7) is 0.237. The Bertz CT molecular complexity index is 1040. The summed E-state index contributed by atoms with van der Waals surface area (Å²) in [6.07, 6.45) is -0.569. The Balaban J connectivity index is 1.57. The number of halogens is 3. The number of hydrogen-bond acceptors (Lipinski definition) is 4. The highest BCUT2D eigenvalue weighted by atomic mass is 79.9. The molecule has 0 spiro atoms. The molecule has 0 N–H and O–H groups in total. The van der Waals surface area contributed by atoms with Crippen molar-refractivity contribution in [3.05, 3.63) is 98.2 Å². The minimum absolute atomic E-state index is 0.0000581. The summed E-state index contributed by atoms with van der Waals surface area (Å²) in [5.74, 6) is -0.984. The van der Waals surface area contributed by atoms with Gasteiger partial charge in [-0.15, -0.1) is 0 Å². The van der Waals surface area contributed by atoms with Gasteiger partial charge in [-0.2, -0.15) is 0 Å². The number of esters is 1. The molecular formula is C22H15BrClFO4. The molecule has 29 heavy (non-hydrogen) atoms. The Morgan fingerprint density at radius 3 is 2.72 bits per heavy atom. The van der Waals surface area contributed by atoms with E-state index in [1.165, 1.54) is 12.1 Å². The van der Waals surface area contributed by atoms with E-state index in [1.54, 1.807) is 6.07 Å². The molecule has 4 rings (SSSR count). The van der Waals surface area contributed by atoms with Gasteiger partial charge in [-0.05, 0) is 24.3 Å². The minimum Gasteiger partial charge on any atom is -0.460 e. The molecule has 0 aromatic heterocycles. The number of benzene rings is 3. The monoisotopic (exact) mass is 476 g/mol. The van der Waals surface area contributed by atoms with Crippen molar-refractivity contribution in [3.63, 3.8) is 0 Å². The lowest BCUT2D eigenvalue weighted by Gasteiger charge is -2.28. The van der Waals surface area contributed by atoms with Crippen LogP contribution in [-0.2, 0) is 22.7 Å². The van der Waals surface area contributed by atoms with Gasteiger partial charge in [0.2, 0.25) is 6.29 Å². The summed E-state index contributed by atoms with van der Waals surface area (Å²) in [7, 11) is 0. The Morgan fingerprint density at radius 2 is 1.97 bits per heavy atom. The van der Waals surface area contributed by atoms with Gasteiger partial charge in [0, 0.05) is 21.2 Å². The second-order valence-electron chi connectivity index (χ2n) is 6.40. The average Bonchev–Trinajstić information content (AvgIpc) is 2.72. The zero-order valence-electron chi connectivity index (χ0n) is 15.0. The number of fused-ring (bicyclic) bond motifs is 1. The van der Waals surface area contributed by atoms with Crippen molar-refractivity contribution in [2.45, 2.75) is 19.5 Å². The standard InChI is InChI=1S/C22H15BrClFO4/c23-16-9-14(11-27-21(26)19-17(24)7-4-8-18(19)25)20-15(10-16)12-28-22(29-20)13-5-2-1-3-6-13/h1-10,22H,11-12H2/t22-/m0/s1. The number of ether oxygens (including phenoxy) is 3. The van der Waals surface area contributed by atoms with E-state index in [-0.39, 0.29) is 17.2 Å². The van der Waals surface area contributed by atoms with Gasteiger partial charge in [0.05, 0.1) is 11.6 Å². The normalized spacial score (nSPS) is 15.3. The number of hydrogen-bond donors (Lipinski definition) is 0. The molecule has 1 aliphatic rings. The van der Waals surface area contributed by atoms with Crippen molar-refractivity contribution in [3.8, 4) is 5.75 Å². The predicted molar refractivity (Wildman–Crippen MR) is 109 cm³/mol. The van der Waals surface area contributed by atoms with Gasteiger partial charge in [0.1, 0.15) is 23.7 Å². The van der Waals surface area contributed by atoms with Crippen molar-refractivity contribution in [2.75, 3.05) is 0 Å². The molecule has 1 aliphatic heterocycles. The molecule has 0 unspecified atom stereocenters. The first-order valence-electron chi connectivity index (χ1n) is 8.78. The topological polar surface area (TPSA) is 44.8 Å². The molecule has 3 aromatic rings.